The summed E-state index contributed by atoms with van der Waals surface area (Å²) < 4.78 is 2.00. The van der Waals surface area contributed by atoms with E-state index in [1.165, 1.54) is 0 Å². The maximum absolute atomic E-state index is 11.8. The highest BCUT2D eigenvalue weighted by molar-refractivity contribution is 6.24. The molecular weight excluding hydrogens is 262 g/mol. The minimum absolute atomic E-state index is 0.0789. The minimum atomic E-state index is -0.0789. The third-order valence-electron chi connectivity index (χ3n) is 3.22. The number of amides is 1. The number of benzene rings is 1. The Labute approximate surface area is 116 Å². The van der Waals surface area contributed by atoms with Crippen molar-refractivity contribution in [1.29, 1.82) is 0 Å². The number of aromatic nitrogens is 2. The predicted molar refractivity (Wildman–Crippen MR) is 74.4 cm³/mol. The van der Waals surface area contributed by atoms with Gasteiger partial charge in [0.1, 0.15) is 0 Å². The summed E-state index contributed by atoms with van der Waals surface area (Å²) in [4.78, 5) is 17.6. The lowest BCUT2D eigenvalue weighted by Gasteiger charge is -2.17. The first-order valence-electron chi connectivity index (χ1n) is 6.21. The third kappa shape index (κ3) is 2.63. The van der Waals surface area contributed by atoms with Crippen LogP contribution in [-0.2, 0) is 11.3 Å². The van der Waals surface area contributed by atoms with Crippen LogP contribution in [0.15, 0.2) is 43.0 Å². The van der Waals surface area contributed by atoms with E-state index in [-0.39, 0.29) is 11.3 Å². The molecule has 1 saturated heterocycles. The number of imidazole rings is 1. The summed E-state index contributed by atoms with van der Waals surface area (Å²) >= 11 is 6.03. The summed E-state index contributed by atoms with van der Waals surface area (Å²) in [5, 5.41) is -0.0789. The number of carbonyl (C=O) groups is 1. The Morgan fingerprint density at radius 3 is 3.00 bits per heavy atom. The molecule has 0 radical (unpaired) electrons. The Morgan fingerprint density at radius 2 is 2.32 bits per heavy atom. The van der Waals surface area contributed by atoms with E-state index in [4.69, 9.17) is 11.6 Å². The molecule has 0 saturated carbocycles. The maximum Gasteiger partial charge on any atom is 0.228 e. The molecule has 0 spiro atoms. The van der Waals surface area contributed by atoms with Crippen LogP contribution in [0.3, 0.4) is 0 Å². The van der Waals surface area contributed by atoms with Crippen LogP contribution in [0.4, 0.5) is 5.69 Å². The zero-order valence-corrected chi connectivity index (χ0v) is 11.1. The molecule has 98 valence electrons. The topological polar surface area (TPSA) is 38.1 Å². The number of hydrogen-bond donors (Lipinski definition) is 0. The summed E-state index contributed by atoms with van der Waals surface area (Å²) in [5.74, 6) is 0.0970. The second-order valence-corrected chi connectivity index (χ2v) is 5.33. The molecule has 1 amide bonds. The fourth-order valence-electron chi connectivity index (χ4n) is 2.33. The van der Waals surface area contributed by atoms with Gasteiger partial charge in [-0.3, -0.25) is 4.79 Å². The number of hydrogen-bond acceptors (Lipinski definition) is 2. The van der Waals surface area contributed by atoms with Gasteiger partial charge in [-0.15, -0.1) is 11.6 Å². The van der Waals surface area contributed by atoms with Crippen molar-refractivity contribution in [2.75, 3.05) is 11.4 Å². The zero-order chi connectivity index (χ0) is 13.2. The van der Waals surface area contributed by atoms with E-state index in [1.807, 2.05) is 35.0 Å². The van der Waals surface area contributed by atoms with Crippen molar-refractivity contribution >= 4 is 23.2 Å². The Balaban J connectivity index is 1.82. The monoisotopic (exact) mass is 275 g/mol. The van der Waals surface area contributed by atoms with E-state index in [0.29, 0.717) is 13.0 Å². The minimum Gasteiger partial charge on any atom is -0.333 e. The Kier molecular flexibility index (Phi) is 3.25. The number of nitrogens with zero attached hydrogens (tertiary/aromatic N) is 3. The molecule has 1 aromatic heterocycles. The van der Waals surface area contributed by atoms with E-state index >= 15 is 0 Å². The molecule has 1 fully saturated rings. The van der Waals surface area contributed by atoms with Crippen LogP contribution in [0.2, 0.25) is 0 Å². The number of anilines is 1. The van der Waals surface area contributed by atoms with Crippen LogP contribution in [0.25, 0.3) is 0 Å². The van der Waals surface area contributed by atoms with Crippen molar-refractivity contribution in [3.63, 3.8) is 0 Å². The van der Waals surface area contributed by atoms with Crippen molar-refractivity contribution in [3.8, 4) is 0 Å². The van der Waals surface area contributed by atoms with Crippen LogP contribution in [0, 0.1) is 0 Å². The molecule has 4 nitrogen and oxygen atoms in total. The van der Waals surface area contributed by atoms with E-state index in [9.17, 15) is 4.79 Å². The zero-order valence-electron chi connectivity index (χ0n) is 10.4. The van der Waals surface area contributed by atoms with Crippen molar-refractivity contribution in [2.24, 2.45) is 0 Å². The second-order valence-electron chi connectivity index (χ2n) is 4.71. The molecule has 19 heavy (non-hydrogen) atoms. The van der Waals surface area contributed by atoms with E-state index < -0.39 is 0 Å². The molecular formula is C14H14ClN3O. The van der Waals surface area contributed by atoms with Gasteiger partial charge in [-0.2, -0.15) is 0 Å². The summed E-state index contributed by atoms with van der Waals surface area (Å²) in [7, 11) is 0. The first kappa shape index (κ1) is 12.2. The molecule has 0 N–H and O–H groups in total. The highest BCUT2D eigenvalue weighted by atomic mass is 35.5. The highest BCUT2D eigenvalue weighted by Gasteiger charge is 2.29. The van der Waals surface area contributed by atoms with Crippen LogP contribution in [-0.4, -0.2) is 27.4 Å². The smallest absolute Gasteiger partial charge is 0.228 e. The van der Waals surface area contributed by atoms with Gasteiger partial charge < -0.3 is 9.47 Å². The molecule has 1 aliphatic heterocycles. The van der Waals surface area contributed by atoms with Crippen molar-refractivity contribution < 1.29 is 4.79 Å². The van der Waals surface area contributed by atoms with Crippen molar-refractivity contribution in [3.05, 3.63) is 48.5 Å². The van der Waals surface area contributed by atoms with Gasteiger partial charge in [0.05, 0.1) is 11.7 Å². The molecule has 5 heteroatoms. The van der Waals surface area contributed by atoms with Crippen LogP contribution in [0.1, 0.15) is 12.0 Å². The van der Waals surface area contributed by atoms with E-state index in [0.717, 1.165) is 17.8 Å². The van der Waals surface area contributed by atoms with Gasteiger partial charge in [-0.25, -0.2) is 4.98 Å². The van der Waals surface area contributed by atoms with Crippen LogP contribution in [0.5, 0.6) is 0 Å². The average molecular weight is 276 g/mol. The summed E-state index contributed by atoms with van der Waals surface area (Å²) in [6, 6.07) is 8.00. The Hall–Kier alpha value is -1.81. The normalized spacial score (nSPS) is 19.1. The Morgan fingerprint density at radius 1 is 1.42 bits per heavy atom. The van der Waals surface area contributed by atoms with E-state index in [2.05, 4.69) is 4.98 Å². The van der Waals surface area contributed by atoms with Crippen molar-refractivity contribution in [1.82, 2.24) is 9.55 Å². The summed E-state index contributed by atoms with van der Waals surface area (Å²) in [5.41, 5.74) is 2.06. The third-order valence-corrected chi connectivity index (χ3v) is 3.52. The largest absolute Gasteiger partial charge is 0.333 e. The lowest BCUT2D eigenvalue weighted by Crippen LogP contribution is -2.24. The molecule has 1 aromatic carbocycles. The number of halogens is 1. The van der Waals surface area contributed by atoms with Gasteiger partial charge >= 0.3 is 0 Å². The summed E-state index contributed by atoms with van der Waals surface area (Å²) in [6.45, 7) is 1.34. The molecule has 1 atom stereocenters. The van der Waals surface area contributed by atoms with Crippen LogP contribution < -0.4 is 4.90 Å². The first-order chi connectivity index (χ1) is 9.22. The molecule has 1 unspecified atom stereocenters. The number of alkyl halides is 1. The van der Waals surface area contributed by atoms with Gasteiger partial charge in [0.25, 0.3) is 0 Å². The van der Waals surface area contributed by atoms with Gasteiger partial charge in [0.15, 0.2) is 0 Å². The number of carbonyl (C=O) groups excluding carboxylic acids is 1. The lowest BCUT2D eigenvalue weighted by atomic mass is 10.2. The average Bonchev–Trinajstić information content (AvgIpc) is 2.99. The van der Waals surface area contributed by atoms with Crippen molar-refractivity contribution in [2.45, 2.75) is 18.3 Å². The van der Waals surface area contributed by atoms with Gasteiger partial charge in [0, 0.05) is 37.6 Å². The second kappa shape index (κ2) is 5.05. The van der Waals surface area contributed by atoms with Crippen LogP contribution >= 0.6 is 11.6 Å². The SMILES string of the molecule is O=C1CC(Cl)CN1c1cccc(Cn2ccnc2)c1. The lowest BCUT2D eigenvalue weighted by molar-refractivity contribution is -0.117. The highest BCUT2D eigenvalue weighted by Crippen LogP contribution is 2.25. The first-order valence-corrected chi connectivity index (χ1v) is 6.65. The fraction of sp³-hybridized carbons (Fsp3) is 0.286. The van der Waals surface area contributed by atoms with Gasteiger partial charge in [-0.05, 0) is 17.7 Å². The molecule has 2 heterocycles. The summed E-state index contributed by atoms with van der Waals surface area (Å²) in [6.07, 6.45) is 5.88. The quantitative estimate of drug-likeness (QED) is 0.806. The Bertz CT molecular complexity index is 582. The van der Waals surface area contributed by atoms with E-state index in [1.54, 1.807) is 17.4 Å². The van der Waals surface area contributed by atoms with Gasteiger partial charge in [-0.1, -0.05) is 12.1 Å². The molecule has 1 aliphatic rings. The molecule has 0 aliphatic carbocycles. The number of rotatable bonds is 3. The molecule has 0 bridgehead atoms. The molecule has 2 aromatic rings. The van der Waals surface area contributed by atoms with Gasteiger partial charge in [0.2, 0.25) is 5.91 Å². The maximum atomic E-state index is 11.8. The molecule has 3 rings (SSSR count). The standard InChI is InChI=1S/C14H14ClN3O/c15-12-7-14(19)18(9-12)13-3-1-2-11(6-13)8-17-5-4-16-10-17/h1-6,10,12H,7-9H2. The fourth-order valence-corrected chi connectivity index (χ4v) is 2.60. The predicted octanol–water partition coefficient (Wildman–Crippen LogP) is 2.28.